The molecule has 3 nitrogen and oxygen atoms in total. The number of nitrogens with zero attached hydrogens (tertiary/aromatic N) is 3. The van der Waals surface area contributed by atoms with Gasteiger partial charge in [-0.15, -0.1) is 16.4 Å². The monoisotopic (exact) mass is 265 g/mol. The minimum atomic E-state index is -1.38. The summed E-state index contributed by atoms with van der Waals surface area (Å²) < 4.78 is 1.24. The summed E-state index contributed by atoms with van der Waals surface area (Å²) in [6, 6.07) is 0. The van der Waals surface area contributed by atoms with E-state index in [-0.39, 0.29) is 5.41 Å². The molecular weight excluding hydrogens is 246 g/mol. The van der Waals surface area contributed by atoms with E-state index < -0.39 is 8.07 Å². The first kappa shape index (κ1) is 12.6. The molecule has 17 heavy (non-hydrogen) atoms. The third-order valence-electron chi connectivity index (χ3n) is 2.64. The van der Waals surface area contributed by atoms with Crippen molar-refractivity contribution in [3.63, 3.8) is 0 Å². The SMILES string of the molecule is CC(C)(C)c1nc2nncc([Si](C)(C)C)c2s1. The molecule has 0 aliphatic heterocycles. The number of hydrogen-bond donors (Lipinski definition) is 0. The van der Waals surface area contributed by atoms with E-state index in [1.165, 1.54) is 9.89 Å². The summed E-state index contributed by atoms with van der Waals surface area (Å²) in [4.78, 5) is 4.63. The van der Waals surface area contributed by atoms with Crippen molar-refractivity contribution in [2.24, 2.45) is 0 Å². The predicted molar refractivity (Wildman–Crippen MR) is 76.9 cm³/mol. The van der Waals surface area contributed by atoms with E-state index in [1.807, 2.05) is 6.20 Å². The fourth-order valence-corrected chi connectivity index (χ4v) is 4.89. The zero-order valence-electron chi connectivity index (χ0n) is 11.3. The van der Waals surface area contributed by atoms with Gasteiger partial charge in [-0.05, 0) is 5.19 Å². The molecule has 0 fully saturated rings. The molecule has 0 bridgehead atoms. The summed E-state index contributed by atoms with van der Waals surface area (Å²) in [6.07, 6.45) is 1.93. The van der Waals surface area contributed by atoms with Gasteiger partial charge in [0.1, 0.15) is 5.01 Å². The van der Waals surface area contributed by atoms with Gasteiger partial charge < -0.3 is 0 Å². The second-order valence-electron chi connectivity index (χ2n) is 6.43. The Kier molecular flexibility index (Phi) is 2.86. The first-order valence-corrected chi connectivity index (χ1v) is 10.1. The fourth-order valence-electron chi connectivity index (χ4n) is 1.61. The number of rotatable bonds is 1. The average Bonchev–Trinajstić information content (AvgIpc) is 2.57. The number of fused-ring (bicyclic) bond motifs is 1. The molecule has 2 aromatic rings. The zero-order valence-corrected chi connectivity index (χ0v) is 13.1. The normalized spacial score (nSPS) is 13.3. The van der Waals surface area contributed by atoms with E-state index >= 15 is 0 Å². The summed E-state index contributed by atoms with van der Waals surface area (Å²) in [5.41, 5.74) is 0.905. The summed E-state index contributed by atoms with van der Waals surface area (Å²) in [5.74, 6) is 0. The van der Waals surface area contributed by atoms with Crippen LogP contribution < -0.4 is 5.19 Å². The third kappa shape index (κ3) is 2.40. The Bertz CT molecular complexity index is 549. The Morgan fingerprint density at radius 3 is 2.35 bits per heavy atom. The first-order chi connectivity index (χ1) is 7.69. The fraction of sp³-hybridized carbons (Fsp3) is 0.583. The molecule has 0 aliphatic rings. The molecule has 2 heterocycles. The number of thiazole rings is 1. The molecule has 0 amide bonds. The van der Waals surface area contributed by atoms with Crippen LogP contribution in [0.15, 0.2) is 6.20 Å². The highest BCUT2D eigenvalue weighted by atomic mass is 32.1. The van der Waals surface area contributed by atoms with Crippen LogP contribution in [0, 0.1) is 0 Å². The average molecular weight is 265 g/mol. The van der Waals surface area contributed by atoms with Gasteiger partial charge in [0.25, 0.3) is 0 Å². The summed E-state index contributed by atoms with van der Waals surface area (Å²) >= 11 is 1.78. The quantitative estimate of drug-likeness (QED) is 0.744. The van der Waals surface area contributed by atoms with Crippen molar-refractivity contribution in [3.05, 3.63) is 11.2 Å². The van der Waals surface area contributed by atoms with Crippen LogP contribution >= 0.6 is 11.3 Å². The Labute approximate surface area is 107 Å². The maximum atomic E-state index is 4.63. The van der Waals surface area contributed by atoms with Gasteiger partial charge in [-0.3, -0.25) is 0 Å². The minimum Gasteiger partial charge on any atom is -0.219 e. The minimum absolute atomic E-state index is 0.0854. The van der Waals surface area contributed by atoms with Gasteiger partial charge in [-0.25, -0.2) is 4.98 Å². The number of hydrogen-bond acceptors (Lipinski definition) is 4. The smallest absolute Gasteiger partial charge is 0.192 e. The number of aromatic nitrogens is 3. The van der Waals surface area contributed by atoms with E-state index in [1.54, 1.807) is 11.3 Å². The largest absolute Gasteiger partial charge is 0.219 e. The van der Waals surface area contributed by atoms with Crippen molar-refractivity contribution in [3.8, 4) is 0 Å². The molecule has 92 valence electrons. The van der Waals surface area contributed by atoms with Crippen molar-refractivity contribution >= 4 is 34.9 Å². The predicted octanol–water partition coefficient (Wildman–Crippen LogP) is 2.93. The van der Waals surface area contributed by atoms with Crippen molar-refractivity contribution in [1.82, 2.24) is 15.2 Å². The lowest BCUT2D eigenvalue weighted by atomic mass is 9.98. The summed E-state index contributed by atoms with van der Waals surface area (Å²) in [5, 5.41) is 10.8. The lowest BCUT2D eigenvalue weighted by Crippen LogP contribution is -2.38. The molecule has 0 radical (unpaired) electrons. The standard InChI is InChI=1S/C12H19N3SSi/c1-12(2,3)11-14-10-9(16-11)8(7-13-15-10)17(4,5)6/h7H,1-6H3. The van der Waals surface area contributed by atoms with Crippen molar-refractivity contribution < 1.29 is 0 Å². The maximum absolute atomic E-state index is 4.63. The van der Waals surface area contributed by atoms with E-state index in [9.17, 15) is 0 Å². The van der Waals surface area contributed by atoms with Gasteiger partial charge >= 0.3 is 0 Å². The van der Waals surface area contributed by atoms with Gasteiger partial charge in [0.2, 0.25) is 0 Å². The van der Waals surface area contributed by atoms with Crippen LogP contribution in [-0.4, -0.2) is 23.3 Å². The molecule has 5 heteroatoms. The molecule has 0 atom stereocenters. The molecule has 0 aliphatic carbocycles. The first-order valence-electron chi connectivity index (χ1n) is 5.83. The van der Waals surface area contributed by atoms with Crippen LogP contribution in [0.3, 0.4) is 0 Å². The van der Waals surface area contributed by atoms with Crippen LogP contribution in [0.2, 0.25) is 19.6 Å². The second kappa shape index (κ2) is 3.85. The van der Waals surface area contributed by atoms with Crippen LogP contribution in [0.5, 0.6) is 0 Å². The highest BCUT2D eigenvalue weighted by Gasteiger charge is 2.25. The molecule has 2 rings (SSSR count). The molecule has 0 aromatic carbocycles. The van der Waals surface area contributed by atoms with E-state index in [2.05, 4.69) is 55.6 Å². The molecular formula is C12H19N3SSi. The van der Waals surface area contributed by atoms with E-state index in [0.717, 1.165) is 10.7 Å². The van der Waals surface area contributed by atoms with Gasteiger partial charge in [0, 0.05) is 5.41 Å². The zero-order chi connectivity index (χ0) is 12.8. The van der Waals surface area contributed by atoms with E-state index in [0.29, 0.717) is 0 Å². The van der Waals surface area contributed by atoms with Gasteiger partial charge in [0.05, 0.1) is 19.0 Å². The van der Waals surface area contributed by atoms with Crippen molar-refractivity contribution in [2.75, 3.05) is 0 Å². The lowest BCUT2D eigenvalue weighted by Gasteiger charge is -2.16. The summed E-state index contributed by atoms with van der Waals surface area (Å²) in [7, 11) is -1.38. The van der Waals surface area contributed by atoms with Crippen LogP contribution in [0.1, 0.15) is 25.8 Å². The van der Waals surface area contributed by atoms with Gasteiger partial charge in [-0.1, -0.05) is 40.4 Å². The molecule has 2 aromatic heterocycles. The molecule has 0 N–H and O–H groups in total. The van der Waals surface area contributed by atoms with Crippen molar-refractivity contribution in [2.45, 2.75) is 45.8 Å². The molecule has 0 unspecified atom stereocenters. The Balaban J connectivity index is 2.70. The van der Waals surface area contributed by atoms with Crippen LogP contribution in [0.25, 0.3) is 10.3 Å². The van der Waals surface area contributed by atoms with Crippen LogP contribution in [-0.2, 0) is 5.41 Å². The van der Waals surface area contributed by atoms with Crippen LogP contribution in [0.4, 0.5) is 0 Å². The van der Waals surface area contributed by atoms with Gasteiger partial charge in [0.15, 0.2) is 5.65 Å². The Morgan fingerprint density at radius 1 is 1.18 bits per heavy atom. The Hall–Kier alpha value is -0.813. The Morgan fingerprint density at radius 2 is 1.82 bits per heavy atom. The highest BCUT2D eigenvalue weighted by molar-refractivity contribution is 7.21. The van der Waals surface area contributed by atoms with E-state index in [4.69, 9.17) is 0 Å². The van der Waals surface area contributed by atoms with Gasteiger partial charge in [-0.2, -0.15) is 5.10 Å². The summed E-state index contributed by atoms with van der Waals surface area (Å²) in [6.45, 7) is 13.6. The molecule has 0 saturated carbocycles. The topological polar surface area (TPSA) is 38.7 Å². The lowest BCUT2D eigenvalue weighted by molar-refractivity contribution is 0.586. The highest BCUT2D eigenvalue weighted by Crippen LogP contribution is 2.29. The van der Waals surface area contributed by atoms with Crippen molar-refractivity contribution in [1.29, 1.82) is 0 Å². The molecule has 0 saturated heterocycles. The molecule has 0 spiro atoms. The maximum Gasteiger partial charge on any atom is 0.192 e. The third-order valence-corrected chi connectivity index (χ3v) is 6.32. The second-order valence-corrected chi connectivity index (χ2v) is 12.5.